The SMILES string of the molecule is Cc1ccc(S(=O)(=O)N2CCC(C(=O)OCC(=O)N3CCCCC3C)CC2)cc1C. The molecule has 30 heavy (non-hydrogen) atoms. The first kappa shape index (κ1) is 22.7. The third-order valence-corrected chi connectivity index (χ3v) is 8.26. The Bertz CT molecular complexity index is 891. The molecule has 0 aromatic heterocycles. The fraction of sp³-hybridized carbons (Fsp3) is 0.636. The summed E-state index contributed by atoms with van der Waals surface area (Å²) in [6.45, 7) is 6.88. The van der Waals surface area contributed by atoms with Gasteiger partial charge in [-0.2, -0.15) is 4.31 Å². The van der Waals surface area contributed by atoms with E-state index in [-0.39, 0.29) is 42.5 Å². The first-order valence-corrected chi connectivity index (χ1v) is 12.2. The molecule has 8 heteroatoms. The Morgan fingerprint density at radius 2 is 1.73 bits per heavy atom. The fourth-order valence-corrected chi connectivity index (χ4v) is 5.71. The minimum Gasteiger partial charge on any atom is -0.455 e. The molecule has 1 atom stereocenters. The summed E-state index contributed by atoms with van der Waals surface area (Å²) in [7, 11) is -3.58. The van der Waals surface area contributed by atoms with Crippen molar-refractivity contribution in [3.63, 3.8) is 0 Å². The van der Waals surface area contributed by atoms with E-state index >= 15 is 0 Å². The number of amides is 1. The maximum atomic E-state index is 12.9. The summed E-state index contributed by atoms with van der Waals surface area (Å²) in [4.78, 5) is 26.8. The predicted octanol–water partition coefficient (Wildman–Crippen LogP) is 2.65. The van der Waals surface area contributed by atoms with Crippen LogP contribution in [-0.2, 0) is 24.3 Å². The van der Waals surface area contributed by atoms with Gasteiger partial charge in [-0.15, -0.1) is 0 Å². The standard InChI is InChI=1S/C22H32N2O5S/c1-16-7-8-20(14-17(16)2)30(27,28)23-12-9-19(10-13-23)22(26)29-15-21(25)24-11-5-4-6-18(24)3/h7-8,14,18-19H,4-6,9-13,15H2,1-3H3. The van der Waals surface area contributed by atoms with Gasteiger partial charge in [-0.25, -0.2) is 8.42 Å². The second-order valence-electron chi connectivity index (χ2n) is 8.46. The number of likely N-dealkylation sites (tertiary alicyclic amines) is 1. The molecule has 2 saturated heterocycles. The van der Waals surface area contributed by atoms with Gasteiger partial charge in [0, 0.05) is 25.7 Å². The van der Waals surface area contributed by atoms with E-state index in [1.165, 1.54) is 4.31 Å². The highest BCUT2D eigenvalue weighted by molar-refractivity contribution is 7.89. The summed E-state index contributed by atoms with van der Waals surface area (Å²) in [5.74, 6) is -0.927. The van der Waals surface area contributed by atoms with Gasteiger partial charge >= 0.3 is 5.97 Å². The Hall–Kier alpha value is -1.93. The minimum absolute atomic E-state index is 0.148. The van der Waals surface area contributed by atoms with E-state index in [9.17, 15) is 18.0 Å². The Morgan fingerprint density at radius 1 is 1.03 bits per heavy atom. The Balaban J connectivity index is 1.51. The van der Waals surface area contributed by atoms with Crippen molar-refractivity contribution in [3.05, 3.63) is 29.3 Å². The van der Waals surface area contributed by atoms with Crippen molar-refractivity contribution in [1.82, 2.24) is 9.21 Å². The maximum absolute atomic E-state index is 12.9. The van der Waals surface area contributed by atoms with Crippen LogP contribution >= 0.6 is 0 Å². The van der Waals surface area contributed by atoms with E-state index in [1.54, 1.807) is 17.0 Å². The molecular formula is C22H32N2O5S. The molecule has 7 nitrogen and oxygen atoms in total. The van der Waals surface area contributed by atoms with Crippen LogP contribution < -0.4 is 0 Å². The minimum atomic E-state index is -3.58. The summed E-state index contributed by atoms with van der Waals surface area (Å²) >= 11 is 0. The van der Waals surface area contributed by atoms with E-state index in [0.29, 0.717) is 19.4 Å². The lowest BCUT2D eigenvalue weighted by molar-refractivity contribution is -0.157. The third kappa shape index (κ3) is 5.03. The van der Waals surface area contributed by atoms with E-state index in [1.807, 2.05) is 26.8 Å². The molecule has 166 valence electrons. The van der Waals surface area contributed by atoms with Crippen LogP contribution in [0, 0.1) is 19.8 Å². The largest absolute Gasteiger partial charge is 0.455 e. The summed E-state index contributed by atoms with van der Waals surface area (Å²) in [6, 6.07) is 5.32. The summed E-state index contributed by atoms with van der Waals surface area (Å²) in [5.41, 5.74) is 1.98. The molecule has 2 aliphatic heterocycles. The van der Waals surface area contributed by atoms with Gasteiger partial charge in [0.2, 0.25) is 10.0 Å². The number of carbonyl (C=O) groups excluding carboxylic acids is 2. The molecule has 0 saturated carbocycles. The second-order valence-corrected chi connectivity index (χ2v) is 10.4. The van der Waals surface area contributed by atoms with Crippen LogP contribution in [0.1, 0.15) is 50.2 Å². The number of ether oxygens (including phenoxy) is 1. The quantitative estimate of drug-likeness (QED) is 0.663. The molecule has 0 radical (unpaired) electrons. The number of esters is 1. The van der Waals surface area contributed by atoms with Crippen LogP contribution in [0.3, 0.4) is 0 Å². The molecule has 2 aliphatic rings. The van der Waals surface area contributed by atoms with Crippen molar-refractivity contribution in [3.8, 4) is 0 Å². The van der Waals surface area contributed by atoms with Gasteiger partial charge in [0.1, 0.15) is 0 Å². The van der Waals surface area contributed by atoms with Crippen molar-refractivity contribution in [2.45, 2.75) is 63.8 Å². The monoisotopic (exact) mass is 436 g/mol. The average molecular weight is 437 g/mol. The van der Waals surface area contributed by atoms with E-state index in [4.69, 9.17) is 4.74 Å². The van der Waals surface area contributed by atoms with Gasteiger partial charge < -0.3 is 9.64 Å². The van der Waals surface area contributed by atoms with Crippen LogP contribution in [0.15, 0.2) is 23.1 Å². The number of benzene rings is 1. The van der Waals surface area contributed by atoms with Crippen LogP contribution in [-0.4, -0.2) is 61.8 Å². The van der Waals surface area contributed by atoms with Crippen LogP contribution in [0.4, 0.5) is 0 Å². The molecule has 1 amide bonds. The van der Waals surface area contributed by atoms with E-state index in [0.717, 1.165) is 30.4 Å². The Kier molecular flexibility index (Phi) is 7.18. The molecule has 1 aromatic rings. The Labute approximate surface area is 179 Å². The number of hydrogen-bond acceptors (Lipinski definition) is 5. The zero-order valence-corrected chi connectivity index (χ0v) is 18.9. The third-order valence-electron chi connectivity index (χ3n) is 6.36. The average Bonchev–Trinajstić information content (AvgIpc) is 2.74. The number of piperidine rings is 2. The molecular weight excluding hydrogens is 404 g/mol. The maximum Gasteiger partial charge on any atom is 0.309 e. The smallest absolute Gasteiger partial charge is 0.309 e. The van der Waals surface area contributed by atoms with Gasteiger partial charge in [0.05, 0.1) is 10.8 Å². The molecule has 0 bridgehead atoms. The topological polar surface area (TPSA) is 84.0 Å². The first-order valence-electron chi connectivity index (χ1n) is 10.7. The molecule has 0 N–H and O–H groups in total. The molecule has 2 heterocycles. The van der Waals surface area contributed by atoms with E-state index in [2.05, 4.69) is 0 Å². The predicted molar refractivity (Wildman–Crippen MR) is 113 cm³/mol. The molecule has 0 aliphatic carbocycles. The number of rotatable bonds is 5. The molecule has 3 rings (SSSR count). The van der Waals surface area contributed by atoms with Gasteiger partial charge in [0.25, 0.3) is 5.91 Å². The van der Waals surface area contributed by atoms with Crippen molar-refractivity contribution in [1.29, 1.82) is 0 Å². The summed E-state index contributed by atoms with van der Waals surface area (Å²) in [6.07, 6.45) is 3.88. The lowest BCUT2D eigenvalue weighted by Crippen LogP contribution is -2.45. The summed E-state index contributed by atoms with van der Waals surface area (Å²) < 4.78 is 32.5. The number of hydrogen-bond donors (Lipinski definition) is 0. The zero-order chi connectivity index (χ0) is 21.9. The number of sulfonamides is 1. The fourth-order valence-electron chi connectivity index (χ4n) is 4.16. The van der Waals surface area contributed by atoms with Crippen molar-refractivity contribution < 1.29 is 22.7 Å². The number of nitrogens with zero attached hydrogens (tertiary/aromatic N) is 2. The number of carbonyl (C=O) groups is 2. The number of aryl methyl sites for hydroxylation is 2. The highest BCUT2D eigenvalue weighted by Crippen LogP contribution is 2.26. The normalized spacial score (nSPS) is 21.4. The van der Waals surface area contributed by atoms with Crippen LogP contribution in [0.5, 0.6) is 0 Å². The molecule has 1 unspecified atom stereocenters. The molecule has 0 spiro atoms. The lowest BCUT2D eigenvalue weighted by atomic mass is 9.98. The van der Waals surface area contributed by atoms with Crippen LogP contribution in [0.2, 0.25) is 0 Å². The highest BCUT2D eigenvalue weighted by atomic mass is 32.2. The molecule has 2 fully saturated rings. The van der Waals surface area contributed by atoms with Gasteiger partial charge in [-0.3, -0.25) is 9.59 Å². The lowest BCUT2D eigenvalue weighted by Gasteiger charge is -2.33. The molecule has 1 aromatic carbocycles. The Morgan fingerprint density at radius 3 is 2.37 bits per heavy atom. The van der Waals surface area contributed by atoms with Crippen molar-refractivity contribution >= 4 is 21.9 Å². The summed E-state index contributed by atoms with van der Waals surface area (Å²) in [5, 5.41) is 0. The van der Waals surface area contributed by atoms with Crippen molar-refractivity contribution in [2.75, 3.05) is 26.2 Å². The van der Waals surface area contributed by atoms with Gasteiger partial charge in [-0.1, -0.05) is 6.07 Å². The van der Waals surface area contributed by atoms with Gasteiger partial charge in [-0.05, 0) is 76.1 Å². The first-order chi connectivity index (χ1) is 14.2. The second kappa shape index (κ2) is 9.47. The highest BCUT2D eigenvalue weighted by Gasteiger charge is 2.33. The van der Waals surface area contributed by atoms with Crippen molar-refractivity contribution in [2.24, 2.45) is 5.92 Å². The van der Waals surface area contributed by atoms with Gasteiger partial charge in [0.15, 0.2) is 6.61 Å². The van der Waals surface area contributed by atoms with E-state index < -0.39 is 16.0 Å². The zero-order valence-electron chi connectivity index (χ0n) is 18.1. The van der Waals surface area contributed by atoms with Crippen LogP contribution in [0.25, 0.3) is 0 Å².